The van der Waals surface area contributed by atoms with Crippen LogP contribution in [0.25, 0.3) is 11.3 Å². The number of thioether (sulfide) groups is 1. The summed E-state index contributed by atoms with van der Waals surface area (Å²) in [6, 6.07) is 16.1. The van der Waals surface area contributed by atoms with Gasteiger partial charge >= 0.3 is 5.82 Å². The molecule has 0 spiro atoms. The number of hydrogen-bond donors (Lipinski definition) is 0. The summed E-state index contributed by atoms with van der Waals surface area (Å²) in [4.78, 5) is 1.11. The lowest BCUT2D eigenvalue weighted by molar-refractivity contribution is -0.616. The van der Waals surface area contributed by atoms with E-state index >= 15 is 0 Å². The largest absolute Gasteiger partial charge is 0.711 e. The van der Waals surface area contributed by atoms with Crippen LogP contribution >= 0.6 is 11.8 Å². The van der Waals surface area contributed by atoms with Crippen molar-refractivity contribution in [1.29, 1.82) is 0 Å². The smallest absolute Gasteiger partial charge is 0.339 e. The highest BCUT2D eigenvalue weighted by atomic mass is 32.2. The number of nitrogens with zero attached hydrogens (tertiary/aromatic N) is 3. The predicted molar refractivity (Wildman–Crippen MR) is 91.9 cm³/mol. The highest BCUT2D eigenvalue weighted by Crippen LogP contribution is 2.21. The fraction of sp³-hybridized carbons (Fsp3) is 0.167. The Morgan fingerprint density at radius 1 is 0.913 bits per heavy atom. The SMILES string of the molecule is Cc1ccc(SCc2nnc(-c3ccc(C)cc3)c[n+]2[O-])cc1. The van der Waals surface area contributed by atoms with Crippen LogP contribution in [0.1, 0.15) is 17.0 Å². The number of rotatable bonds is 4. The molecule has 0 atom stereocenters. The molecule has 2 aromatic carbocycles. The van der Waals surface area contributed by atoms with Crippen LogP contribution in [0.3, 0.4) is 0 Å². The zero-order chi connectivity index (χ0) is 16.2. The lowest BCUT2D eigenvalue weighted by Crippen LogP contribution is -2.33. The second-order valence-corrected chi connectivity index (χ2v) is 6.47. The summed E-state index contributed by atoms with van der Waals surface area (Å²) in [5.74, 6) is 0.903. The van der Waals surface area contributed by atoms with E-state index in [0.29, 0.717) is 17.3 Å². The molecule has 0 aliphatic carbocycles. The van der Waals surface area contributed by atoms with E-state index in [1.165, 1.54) is 17.3 Å². The lowest BCUT2D eigenvalue weighted by Gasteiger charge is -2.07. The predicted octanol–water partition coefficient (Wildman–Crippen LogP) is 3.69. The van der Waals surface area contributed by atoms with Crippen LogP contribution in [0.4, 0.5) is 0 Å². The molecule has 1 aromatic heterocycles. The number of hydrogen-bond acceptors (Lipinski definition) is 4. The van der Waals surface area contributed by atoms with Gasteiger partial charge < -0.3 is 5.21 Å². The molecule has 3 aromatic rings. The molecule has 0 fully saturated rings. The third kappa shape index (κ3) is 3.87. The number of aryl methyl sites for hydroxylation is 2. The van der Waals surface area contributed by atoms with Gasteiger partial charge in [0.15, 0.2) is 5.69 Å². The second-order valence-electron chi connectivity index (χ2n) is 5.42. The van der Waals surface area contributed by atoms with Gasteiger partial charge in [0, 0.05) is 10.5 Å². The quantitative estimate of drug-likeness (QED) is 0.417. The van der Waals surface area contributed by atoms with Crippen LogP contribution in [-0.2, 0) is 5.75 Å². The summed E-state index contributed by atoms with van der Waals surface area (Å²) in [6.45, 7) is 4.07. The Labute approximate surface area is 139 Å². The lowest BCUT2D eigenvalue weighted by atomic mass is 10.1. The van der Waals surface area contributed by atoms with Crippen molar-refractivity contribution >= 4 is 11.8 Å². The molecule has 0 bridgehead atoms. The average Bonchev–Trinajstić information content (AvgIpc) is 2.56. The minimum Gasteiger partial charge on any atom is -0.711 e. The molecule has 5 heteroatoms. The third-order valence-electron chi connectivity index (χ3n) is 3.50. The molecule has 0 saturated carbocycles. The molecule has 116 valence electrons. The molecule has 3 rings (SSSR count). The van der Waals surface area contributed by atoms with E-state index in [0.717, 1.165) is 15.2 Å². The summed E-state index contributed by atoms with van der Waals surface area (Å²) < 4.78 is 0.809. The standard InChI is InChI=1S/C18H17N3OS/c1-13-3-7-15(8-4-13)17-11-21(22)18(20-19-17)12-23-16-9-5-14(2)6-10-16/h3-11H,12H2,1-2H3. The summed E-state index contributed by atoms with van der Waals surface area (Å²) in [6.07, 6.45) is 1.49. The molecule has 23 heavy (non-hydrogen) atoms. The Morgan fingerprint density at radius 2 is 1.52 bits per heavy atom. The molecule has 0 radical (unpaired) electrons. The van der Waals surface area contributed by atoms with Gasteiger partial charge in [0.2, 0.25) is 0 Å². The van der Waals surface area contributed by atoms with E-state index in [9.17, 15) is 5.21 Å². The van der Waals surface area contributed by atoms with Crippen molar-refractivity contribution in [1.82, 2.24) is 10.2 Å². The van der Waals surface area contributed by atoms with E-state index < -0.39 is 0 Å². The molecule has 4 nitrogen and oxygen atoms in total. The fourth-order valence-corrected chi connectivity index (χ4v) is 2.91. The monoisotopic (exact) mass is 323 g/mol. The highest BCUT2D eigenvalue weighted by Gasteiger charge is 2.13. The van der Waals surface area contributed by atoms with Crippen molar-refractivity contribution in [3.8, 4) is 11.3 Å². The van der Waals surface area contributed by atoms with E-state index in [2.05, 4.69) is 29.3 Å². The minimum absolute atomic E-state index is 0.409. The van der Waals surface area contributed by atoms with Crippen molar-refractivity contribution in [2.24, 2.45) is 0 Å². The first kappa shape index (κ1) is 15.5. The zero-order valence-electron chi connectivity index (χ0n) is 13.1. The maximum atomic E-state index is 12.2. The summed E-state index contributed by atoms with van der Waals surface area (Å²) >= 11 is 1.58. The van der Waals surface area contributed by atoms with Crippen LogP contribution in [0.5, 0.6) is 0 Å². The Bertz CT molecular complexity index is 802. The van der Waals surface area contributed by atoms with E-state index in [4.69, 9.17) is 0 Å². The summed E-state index contributed by atoms with van der Waals surface area (Å²) in [7, 11) is 0. The molecule has 0 amide bonds. The Hall–Kier alpha value is -2.40. The van der Waals surface area contributed by atoms with Gasteiger partial charge in [-0.1, -0.05) is 47.5 Å². The maximum Gasteiger partial charge on any atom is 0.339 e. The Morgan fingerprint density at radius 3 is 2.13 bits per heavy atom. The van der Waals surface area contributed by atoms with Gasteiger partial charge in [0.1, 0.15) is 11.9 Å². The second kappa shape index (κ2) is 6.79. The first-order valence-corrected chi connectivity index (χ1v) is 8.32. The van der Waals surface area contributed by atoms with Gasteiger partial charge in [-0.2, -0.15) is 0 Å². The van der Waals surface area contributed by atoms with Crippen LogP contribution in [0.15, 0.2) is 59.6 Å². The first-order chi connectivity index (χ1) is 11.1. The molecule has 0 N–H and O–H groups in total. The van der Waals surface area contributed by atoms with E-state index in [1.54, 1.807) is 11.8 Å². The van der Waals surface area contributed by atoms with Gasteiger partial charge in [-0.3, -0.25) is 0 Å². The molecule has 1 heterocycles. The third-order valence-corrected chi connectivity index (χ3v) is 4.51. The van der Waals surface area contributed by atoms with Gasteiger partial charge in [0.25, 0.3) is 0 Å². The van der Waals surface area contributed by atoms with Gasteiger partial charge in [0.05, 0.1) is 5.10 Å². The van der Waals surface area contributed by atoms with Crippen molar-refractivity contribution in [2.75, 3.05) is 0 Å². The highest BCUT2D eigenvalue weighted by molar-refractivity contribution is 7.98. The maximum absolute atomic E-state index is 12.2. The van der Waals surface area contributed by atoms with Gasteiger partial charge in [-0.15, -0.1) is 11.8 Å². The van der Waals surface area contributed by atoms with Crippen molar-refractivity contribution < 1.29 is 4.73 Å². The molecular weight excluding hydrogens is 306 g/mol. The summed E-state index contributed by atoms with van der Waals surface area (Å²) in [5.41, 5.74) is 3.87. The minimum atomic E-state index is 0.409. The fourth-order valence-electron chi connectivity index (χ4n) is 2.10. The summed E-state index contributed by atoms with van der Waals surface area (Å²) in [5, 5.41) is 20.4. The van der Waals surface area contributed by atoms with Crippen molar-refractivity contribution in [2.45, 2.75) is 24.5 Å². The molecule has 0 aliphatic rings. The molecular formula is C18H17N3OS. The number of aromatic nitrogens is 3. The molecule has 0 unspecified atom stereocenters. The first-order valence-electron chi connectivity index (χ1n) is 7.34. The van der Waals surface area contributed by atoms with Crippen molar-refractivity contribution in [3.63, 3.8) is 0 Å². The Kier molecular flexibility index (Phi) is 4.57. The van der Waals surface area contributed by atoms with E-state index in [-0.39, 0.29) is 0 Å². The zero-order valence-corrected chi connectivity index (χ0v) is 13.9. The van der Waals surface area contributed by atoms with Crippen LogP contribution in [0, 0.1) is 19.1 Å². The molecule has 0 aliphatic heterocycles. The average molecular weight is 323 g/mol. The normalized spacial score (nSPS) is 10.7. The molecule has 0 saturated heterocycles. The number of benzene rings is 2. The van der Waals surface area contributed by atoms with Crippen LogP contribution in [-0.4, -0.2) is 10.2 Å². The van der Waals surface area contributed by atoms with Crippen LogP contribution in [0.2, 0.25) is 0 Å². The van der Waals surface area contributed by atoms with Gasteiger partial charge in [-0.05, 0) is 31.1 Å². The van der Waals surface area contributed by atoms with Gasteiger partial charge in [-0.25, -0.2) is 4.73 Å². The van der Waals surface area contributed by atoms with Crippen LogP contribution < -0.4 is 4.73 Å². The van der Waals surface area contributed by atoms with Crippen molar-refractivity contribution in [3.05, 3.63) is 76.9 Å². The van der Waals surface area contributed by atoms with E-state index in [1.807, 2.05) is 43.3 Å². The topological polar surface area (TPSA) is 52.7 Å². The Balaban J connectivity index is 1.74.